The molecular formula is C24H27N3O6. The Morgan fingerprint density at radius 1 is 0.818 bits per heavy atom. The van der Waals surface area contributed by atoms with Crippen LogP contribution in [0, 0.1) is 11.8 Å². The van der Waals surface area contributed by atoms with Gasteiger partial charge in [-0.15, -0.1) is 0 Å². The van der Waals surface area contributed by atoms with E-state index in [9.17, 15) is 29.7 Å². The second-order valence-electron chi connectivity index (χ2n) is 7.53. The maximum Gasteiger partial charge on any atom is 0.254 e. The minimum Gasteiger partial charge on any atom is -0.391 e. The third kappa shape index (κ3) is 7.43. The SMILES string of the molecule is C[C@H](O)C(NC(=O)[C@H](O)[C@@H](O)C(=O)N(C)C)C(=O)Nc1ccc(C#Cc2ccccc2)cc1. The van der Waals surface area contributed by atoms with Crippen molar-refractivity contribution in [2.75, 3.05) is 19.4 Å². The molecule has 0 spiro atoms. The molecule has 2 rings (SSSR count). The summed E-state index contributed by atoms with van der Waals surface area (Å²) in [5, 5.41) is 34.4. The molecule has 2 aromatic carbocycles. The molecule has 0 aromatic heterocycles. The van der Waals surface area contributed by atoms with Gasteiger partial charge in [0.2, 0.25) is 5.91 Å². The van der Waals surface area contributed by atoms with Gasteiger partial charge in [-0.2, -0.15) is 0 Å². The van der Waals surface area contributed by atoms with E-state index in [1.807, 2.05) is 30.3 Å². The minimum absolute atomic E-state index is 0.397. The minimum atomic E-state index is -2.11. The fourth-order valence-corrected chi connectivity index (χ4v) is 2.71. The maximum absolute atomic E-state index is 12.6. The zero-order valence-electron chi connectivity index (χ0n) is 18.5. The smallest absolute Gasteiger partial charge is 0.254 e. The average molecular weight is 453 g/mol. The lowest BCUT2D eigenvalue weighted by Crippen LogP contribution is -2.56. The molecule has 0 heterocycles. The summed E-state index contributed by atoms with van der Waals surface area (Å²) in [6.07, 6.45) is -5.45. The number of benzene rings is 2. The van der Waals surface area contributed by atoms with Crippen molar-refractivity contribution in [3.05, 3.63) is 65.7 Å². The molecule has 0 fully saturated rings. The van der Waals surface area contributed by atoms with Gasteiger partial charge in [0, 0.05) is 30.9 Å². The first-order chi connectivity index (χ1) is 15.6. The topological polar surface area (TPSA) is 139 Å². The Labute approximate surface area is 192 Å². The second-order valence-corrected chi connectivity index (χ2v) is 7.53. The highest BCUT2D eigenvalue weighted by atomic mass is 16.3. The van der Waals surface area contributed by atoms with Crippen LogP contribution in [0.4, 0.5) is 5.69 Å². The number of likely N-dealkylation sites (N-methyl/N-ethyl adjacent to an activating group) is 1. The number of carbonyl (C=O) groups excluding carboxylic acids is 3. The van der Waals surface area contributed by atoms with Crippen molar-refractivity contribution in [2.45, 2.75) is 31.3 Å². The van der Waals surface area contributed by atoms with E-state index in [0.717, 1.165) is 16.0 Å². The third-order valence-corrected chi connectivity index (χ3v) is 4.60. The highest BCUT2D eigenvalue weighted by Gasteiger charge is 2.34. The van der Waals surface area contributed by atoms with Crippen LogP contribution in [0.5, 0.6) is 0 Å². The first kappa shape index (κ1) is 25.5. The predicted octanol–water partition coefficient (Wildman–Crippen LogP) is -0.299. The molecule has 5 N–H and O–H groups in total. The van der Waals surface area contributed by atoms with E-state index in [1.54, 1.807) is 24.3 Å². The maximum atomic E-state index is 12.6. The van der Waals surface area contributed by atoms with Crippen LogP contribution in [-0.2, 0) is 14.4 Å². The highest BCUT2D eigenvalue weighted by Crippen LogP contribution is 2.11. The van der Waals surface area contributed by atoms with E-state index in [2.05, 4.69) is 22.5 Å². The molecule has 9 heteroatoms. The first-order valence-electron chi connectivity index (χ1n) is 10.1. The summed E-state index contributed by atoms with van der Waals surface area (Å²) in [5.74, 6) is 3.22. The number of aliphatic hydroxyl groups excluding tert-OH is 3. The van der Waals surface area contributed by atoms with Crippen LogP contribution in [0.15, 0.2) is 54.6 Å². The summed E-state index contributed by atoms with van der Waals surface area (Å²) in [7, 11) is 2.70. The fraction of sp³-hybridized carbons (Fsp3) is 0.292. The van der Waals surface area contributed by atoms with Crippen molar-refractivity contribution in [3.63, 3.8) is 0 Å². The zero-order valence-corrected chi connectivity index (χ0v) is 18.5. The Balaban J connectivity index is 2.03. The third-order valence-electron chi connectivity index (χ3n) is 4.60. The molecular weight excluding hydrogens is 426 g/mol. The van der Waals surface area contributed by atoms with Crippen molar-refractivity contribution in [1.29, 1.82) is 0 Å². The Hall–Kier alpha value is -3.71. The van der Waals surface area contributed by atoms with Gasteiger partial charge in [0.05, 0.1) is 6.10 Å². The van der Waals surface area contributed by atoms with E-state index in [1.165, 1.54) is 21.0 Å². The number of amides is 3. The van der Waals surface area contributed by atoms with Crippen LogP contribution >= 0.6 is 0 Å². The molecule has 0 aliphatic carbocycles. The van der Waals surface area contributed by atoms with Gasteiger partial charge in [0.25, 0.3) is 11.8 Å². The number of hydrogen-bond donors (Lipinski definition) is 5. The molecule has 4 atom stereocenters. The lowest BCUT2D eigenvalue weighted by atomic mass is 10.1. The highest BCUT2D eigenvalue weighted by molar-refractivity contribution is 5.99. The first-order valence-corrected chi connectivity index (χ1v) is 10.1. The van der Waals surface area contributed by atoms with Gasteiger partial charge in [-0.05, 0) is 43.3 Å². The number of carbonyl (C=O) groups is 3. The zero-order chi connectivity index (χ0) is 24.5. The monoisotopic (exact) mass is 453 g/mol. The van der Waals surface area contributed by atoms with E-state index < -0.39 is 42.1 Å². The van der Waals surface area contributed by atoms with Gasteiger partial charge in [-0.3, -0.25) is 14.4 Å². The Kier molecular flexibility index (Phi) is 9.12. The van der Waals surface area contributed by atoms with E-state index in [-0.39, 0.29) is 0 Å². The number of nitrogens with zero attached hydrogens (tertiary/aromatic N) is 1. The molecule has 2 aromatic rings. The number of aliphatic hydroxyl groups is 3. The van der Waals surface area contributed by atoms with Crippen molar-refractivity contribution in [2.24, 2.45) is 0 Å². The molecule has 0 saturated heterocycles. The predicted molar refractivity (Wildman–Crippen MR) is 122 cm³/mol. The largest absolute Gasteiger partial charge is 0.391 e. The molecule has 0 aliphatic rings. The van der Waals surface area contributed by atoms with Crippen molar-refractivity contribution < 1.29 is 29.7 Å². The van der Waals surface area contributed by atoms with Crippen LogP contribution in [0.3, 0.4) is 0 Å². The summed E-state index contributed by atoms with van der Waals surface area (Å²) < 4.78 is 0. The molecule has 9 nitrogen and oxygen atoms in total. The molecule has 174 valence electrons. The number of rotatable bonds is 7. The quantitative estimate of drug-likeness (QED) is 0.365. The lowest BCUT2D eigenvalue weighted by Gasteiger charge is -2.24. The van der Waals surface area contributed by atoms with Crippen molar-refractivity contribution in [1.82, 2.24) is 10.2 Å². The summed E-state index contributed by atoms with van der Waals surface area (Å²) in [5.41, 5.74) is 1.98. The van der Waals surface area contributed by atoms with E-state index >= 15 is 0 Å². The van der Waals surface area contributed by atoms with Crippen LogP contribution < -0.4 is 10.6 Å². The number of anilines is 1. The summed E-state index contributed by atoms with van der Waals surface area (Å²) >= 11 is 0. The Bertz CT molecular complexity index is 1030. The molecule has 0 bridgehead atoms. The second kappa shape index (κ2) is 11.8. The van der Waals surface area contributed by atoms with Crippen LogP contribution in [-0.4, -0.2) is 76.4 Å². The van der Waals surface area contributed by atoms with E-state index in [4.69, 9.17) is 0 Å². The number of hydrogen-bond acceptors (Lipinski definition) is 6. The molecule has 1 unspecified atom stereocenters. The normalized spacial score (nSPS) is 14.0. The molecule has 33 heavy (non-hydrogen) atoms. The summed E-state index contributed by atoms with van der Waals surface area (Å²) in [4.78, 5) is 37.5. The average Bonchev–Trinajstić information content (AvgIpc) is 2.80. The summed E-state index contributed by atoms with van der Waals surface area (Å²) in [6, 6.07) is 14.6. The molecule has 0 saturated carbocycles. The molecule has 0 aliphatic heterocycles. The van der Waals surface area contributed by atoms with Crippen LogP contribution in [0.1, 0.15) is 18.1 Å². The van der Waals surface area contributed by atoms with Gasteiger partial charge in [0.15, 0.2) is 12.2 Å². The van der Waals surface area contributed by atoms with E-state index in [0.29, 0.717) is 5.69 Å². The van der Waals surface area contributed by atoms with Crippen LogP contribution in [0.25, 0.3) is 0 Å². The van der Waals surface area contributed by atoms with Gasteiger partial charge < -0.3 is 30.9 Å². The molecule has 0 radical (unpaired) electrons. The number of nitrogens with one attached hydrogen (secondary N) is 2. The Morgan fingerprint density at radius 3 is 1.88 bits per heavy atom. The van der Waals surface area contributed by atoms with Crippen molar-refractivity contribution >= 4 is 23.4 Å². The van der Waals surface area contributed by atoms with Gasteiger partial charge in [-0.25, -0.2) is 0 Å². The Morgan fingerprint density at radius 2 is 1.36 bits per heavy atom. The van der Waals surface area contributed by atoms with Crippen molar-refractivity contribution in [3.8, 4) is 11.8 Å². The fourth-order valence-electron chi connectivity index (χ4n) is 2.71. The van der Waals surface area contributed by atoms with Gasteiger partial charge in [0.1, 0.15) is 6.04 Å². The standard InChI is InChI=1S/C24H27N3O6/c1-15(28)19(26-23(32)20(29)21(30)24(33)27(2)3)22(31)25-18-13-11-17(12-14-18)10-9-16-7-5-4-6-8-16/h4-8,11-15,19-21,28-30H,1-3H3,(H,25,31)(H,26,32)/t15-,19?,20+,21+/m0/s1. The molecule has 3 amide bonds. The lowest BCUT2D eigenvalue weighted by molar-refractivity contribution is -0.152. The van der Waals surface area contributed by atoms with Gasteiger partial charge >= 0.3 is 0 Å². The summed E-state index contributed by atoms with van der Waals surface area (Å²) in [6.45, 7) is 1.28. The van der Waals surface area contributed by atoms with Gasteiger partial charge in [-0.1, -0.05) is 30.0 Å². The van der Waals surface area contributed by atoms with Crippen LogP contribution in [0.2, 0.25) is 0 Å².